The Morgan fingerprint density at radius 2 is 2.14 bits per heavy atom. The molecule has 0 spiro atoms. The average Bonchev–Trinajstić information content (AvgIpc) is 3.21. The van der Waals surface area contributed by atoms with E-state index < -0.39 is 12.1 Å². The van der Waals surface area contributed by atoms with Crippen LogP contribution in [0.15, 0.2) is 5.51 Å². The number of fused-ring (bicyclic) bond motifs is 1. The van der Waals surface area contributed by atoms with Gasteiger partial charge in [-0.15, -0.1) is 11.3 Å². The molecule has 1 aromatic heterocycles. The highest BCUT2D eigenvalue weighted by Gasteiger charge is 2.53. The molecule has 2 saturated heterocycles. The number of likely N-dealkylation sites (tertiary alicyclic amines) is 1. The van der Waals surface area contributed by atoms with Crippen molar-refractivity contribution in [1.29, 1.82) is 0 Å². The maximum Gasteiger partial charge on any atom is 0.490 e. The number of amides is 1. The second-order valence-corrected chi connectivity index (χ2v) is 8.50. The van der Waals surface area contributed by atoms with Gasteiger partial charge in [0.15, 0.2) is 0 Å². The van der Waals surface area contributed by atoms with Gasteiger partial charge in [0, 0.05) is 37.2 Å². The minimum Gasteiger partial charge on any atom is -0.475 e. The minimum absolute atomic E-state index is 0.0741. The summed E-state index contributed by atoms with van der Waals surface area (Å²) in [6.45, 7) is 9.44. The quantitative estimate of drug-likeness (QED) is 0.753. The third-order valence-corrected chi connectivity index (χ3v) is 5.94. The Morgan fingerprint density at radius 3 is 2.66 bits per heavy atom. The van der Waals surface area contributed by atoms with Crippen molar-refractivity contribution in [3.05, 3.63) is 16.1 Å². The highest BCUT2D eigenvalue weighted by Crippen LogP contribution is 2.41. The molecule has 2 fully saturated rings. The SMILES string of the molecule is Cc1ncsc1CN1CC[C@H]2OCC[C@@]2(C(=O)NC(C)C)C1.O=C(O)C(F)(F)F. The van der Waals surface area contributed by atoms with Gasteiger partial charge < -0.3 is 15.2 Å². The van der Waals surface area contributed by atoms with Gasteiger partial charge in [0.05, 0.1) is 22.7 Å². The standard InChI is InChI=1S/C16H25N3O2S.C2HF3O2/c1-11(2)18-15(20)16-5-7-21-14(16)4-6-19(9-16)8-13-12(3)17-10-22-13;3-2(4,5)1(6)7/h10-11,14H,4-9H2,1-3H3,(H,18,20);(H,6,7)/t14-,16-;/m1./s1. The summed E-state index contributed by atoms with van der Waals surface area (Å²) in [6.07, 6.45) is -3.25. The second kappa shape index (κ2) is 9.40. The molecule has 7 nitrogen and oxygen atoms in total. The minimum atomic E-state index is -5.08. The number of aromatic nitrogens is 1. The van der Waals surface area contributed by atoms with Crippen molar-refractivity contribution in [3.63, 3.8) is 0 Å². The summed E-state index contributed by atoms with van der Waals surface area (Å²) in [5.74, 6) is -2.59. The predicted molar refractivity (Wildman–Crippen MR) is 101 cm³/mol. The molecule has 11 heteroatoms. The highest BCUT2D eigenvalue weighted by molar-refractivity contribution is 7.09. The van der Waals surface area contributed by atoms with Crippen molar-refractivity contribution < 1.29 is 32.6 Å². The van der Waals surface area contributed by atoms with Gasteiger partial charge >= 0.3 is 12.1 Å². The zero-order valence-corrected chi connectivity index (χ0v) is 17.4. The number of hydrogen-bond donors (Lipinski definition) is 2. The van der Waals surface area contributed by atoms with Gasteiger partial charge in [0.2, 0.25) is 5.91 Å². The molecule has 1 aromatic rings. The van der Waals surface area contributed by atoms with Crippen molar-refractivity contribution in [2.75, 3.05) is 19.7 Å². The number of carbonyl (C=O) groups excluding carboxylic acids is 1. The van der Waals surface area contributed by atoms with Crippen LogP contribution in [0, 0.1) is 12.3 Å². The fraction of sp³-hybridized carbons (Fsp3) is 0.722. The first kappa shape index (κ1) is 23.6. The largest absolute Gasteiger partial charge is 0.490 e. The average molecular weight is 437 g/mol. The Kier molecular flexibility index (Phi) is 7.63. The molecule has 0 aromatic carbocycles. The number of thiazole rings is 1. The molecule has 3 heterocycles. The lowest BCUT2D eigenvalue weighted by Gasteiger charge is -2.42. The van der Waals surface area contributed by atoms with Gasteiger partial charge in [-0.1, -0.05) is 0 Å². The van der Waals surface area contributed by atoms with E-state index in [0.29, 0.717) is 6.61 Å². The van der Waals surface area contributed by atoms with E-state index in [2.05, 4.69) is 22.1 Å². The smallest absolute Gasteiger partial charge is 0.475 e. The van der Waals surface area contributed by atoms with Crippen LogP contribution in [-0.2, 0) is 20.9 Å². The molecule has 0 saturated carbocycles. The van der Waals surface area contributed by atoms with Crippen molar-refractivity contribution in [3.8, 4) is 0 Å². The molecule has 3 rings (SSSR count). The third-order valence-electron chi connectivity index (χ3n) is 5.02. The van der Waals surface area contributed by atoms with Gasteiger partial charge in [-0.25, -0.2) is 9.78 Å². The number of aryl methyl sites for hydroxylation is 1. The summed E-state index contributed by atoms with van der Waals surface area (Å²) in [5.41, 5.74) is 2.63. The Balaban J connectivity index is 0.000000370. The van der Waals surface area contributed by atoms with Crippen LogP contribution in [-0.4, -0.2) is 64.9 Å². The molecule has 2 aliphatic rings. The number of ether oxygens (including phenoxy) is 1. The van der Waals surface area contributed by atoms with E-state index in [4.69, 9.17) is 14.6 Å². The zero-order valence-electron chi connectivity index (χ0n) is 16.6. The van der Waals surface area contributed by atoms with Crippen LogP contribution in [0.5, 0.6) is 0 Å². The van der Waals surface area contributed by atoms with E-state index in [-0.39, 0.29) is 23.5 Å². The van der Waals surface area contributed by atoms with Crippen LogP contribution in [0.1, 0.15) is 37.3 Å². The molecule has 164 valence electrons. The fourth-order valence-corrected chi connectivity index (χ4v) is 4.39. The molecule has 0 unspecified atom stereocenters. The Morgan fingerprint density at radius 1 is 1.48 bits per heavy atom. The molecule has 2 N–H and O–H groups in total. The Labute approximate surface area is 171 Å². The van der Waals surface area contributed by atoms with Gasteiger partial charge in [-0.05, 0) is 33.6 Å². The van der Waals surface area contributed by atoms with E-state index >= 15 is 0 Å². The third kappa shape index (κ3) is 5.89. The summed E-state index contributed by atoms with van der Waals surface area (Å²) in [7, 11) is 0. The van der Waals surface area contributed by atoms with Gasteiger partial charge in [-0.3, -0.25) is 9.69 Å². The van der Waals surface area contributed by atoms with Crippen LogP contribution in [0.3, 0.4) is 0 Å². The number of carbonyl (C=O) groups is 2. The number of rotatable bonds is 4. The maximum atomic E-state index is 12.8. The van der Waals surface area contributed by atoms with Crippen LogP contribution in [0.25, 0.3) is 0 Å². The molecule has 0 aliphatic carbocycles. The van der Waals surface area contributed by atoms with Crippen molar-refractivity contribution in [2.24, 2.45) is 5.41 Å². The molecule has 2 aliphatic heterocycles. The van der Waals surface area contributed by atoms with Crippen molar-refractivity contribution >= 4 is 23.2 Å². The summed E-state index contributed by atoms with van der Waals surface area (Å²) < 4.78 is 37.6. The van der Waals surface area contributed by atoms with E-state index in [1.807, 2.05) is 19.4 Å². The number of hydrogen-bond acceptors (Lipinski definition) is 6. The van der Waals surface area contributed by atoms with Gasteiger partial charge in [0.25, 0.3) is 0 Å². The van der Waals surface area contributed by atoms with Crippen LogP contribution < -0.4 is 5.32 Å². The number of aliphatic carboxylic acids is 1. The van der Waals surface area contributed by atoms with E-state index in [1.165, 1.54) is 4.88 Å². The first-order valence-electron chi connectivity index (χ1n) is 9.29. The number of halogens is 3. The zero-order chi connectivity index (χ0) is 21.8. The number of nitrogens with one attached hydrogen (secondary N) is 1. The Hall–Kier alpha value is -1.72. The fourth-order valence-electron chi connectivity index (χ4n) is 3.58. The summed E-state index contributed by atoms with van der Waals surface area (Å²) in [4.78, 5) is 29.7. The molecule has 0 radical (unpaired) electrons. The van der Waals surface area contributed by atoms with Crippen molar-refractivity contribution in [1.82, 2.24) is 15.2 Å². The van der Waals surface area contributed by atoms with Gasteiger partial charge in [0.1, 0.15) is 0 Å². The lowest BCUT2D eigenvalue weighted by atomic mass is 9.75. The number of carboxylic acids is 1. The van der Waals surface area contributed by atoms with Crippen molar-refractivity contribution in [2.45, 2.75) is 58.5 Å². The summed E-state index contributed by atoms with van der Waals surface area (Å²) in [6, 6.07) is 0.169. The lowest BCUT2D eigenvalue weighted by Crippen LogP contribution is -2.57. The number of piperidine rings is 1. The van der Waals surface area contributed by atoms with E-state index in [1.54, 1.807) is 11.3 Å². The number of alkyl halides is 3. The van der Waals surface area contributed by atoms with E-state index in [0.717, 1.165) is 38.2 Å². The first-order chi connectivity index (χ1) is 13.5. The Bertz CT molecular complexity index is 725. The topological polar surface area (TPSA) is 91.8 Å². The number of carboxylic acid groups (broad SMARTS) is 1. The summed E-state index contributed by atoms with van der Waals surface area (Å²) in [5, 5.41) is 10.2. The normalized spacial score (nSPS) is 24.6. The monoisotopic (exact) mass is 437 g/mol. The predicted octanol–water partition coefficient (Wildman–Crippen LogP) is 2.59. The maximum absolute atomic E-state index is 12.8. The summed E-state index contributed by atoms with van der Waals surface area (Å²) >= 11 is 1.70. The molecular formula is C18H26F3N3O4S. The highest BCUT2D eigenvalue weighted by atomic mass is 32.1. The molecule has 1 amide bonds. The first-order valence-corrected chi connectivity index (χ1v) is 10.2. The van der Waals surface area contributed by atoms with Crippen LogP contribution in [0.4, 0.5) is 13.2 Å². The second-order valence-electron chi connectivity index (χ2n) is 7.56. The molecule has 29 heavy (non-hydrogen) atoms. The van der Waals surface area contributed by atoms with Crippen LogP contribution >= 0.6 is 11.3 Å². The van der Waals surface area contributed by atoms with Gasteiger partial charge in [-0.2, -0.15) is 13.2 Å². The number of nitrogens with zero attached hydrogens (tertiary/aromatic N) is 2. The van der Waals surface area contributed by atoms with E-state index in [9.17, 15) is 18.0 Å². The molecule has 0 bridgehead atoms. The van der Waals surface area contributed by atoms with Crippen LogP contribution in [0.2, 0.25) is 0 Å². The molecular weight excluding hydrogens is 411 g/mol. The molecule has 2 atom stereocenters. The lowest BCUT2D eigenvalue weighted by molar-refractivity contribution is -0.192.